The van der Waals surface area contributed by atoms with Gasteiger partial charge in [-0.25, -0.2) is 0 Å². The van der Waals surface area contributed by atoms with Crippen molar-refractivity contribution in [1.29, 1.82) is 0 Å². The highest BCUT2D eigenvalue weighted by atomic mass is 16.5. The normalized spacial score (nSPS) is 14.1. The van der Waals surface area contributed by atoms with E-state index in [1.165, 1.54) is 0 Å². The summed E-state index contributed by atoms with van der Waals surface area (Å²) in [5.41, 5.74) is 2.66. The Morgan fingerprint density at radius 2 is 1.68 bits per heavy atom. The molecule has 0 spiro atoms. The Morgan fingerprint density at radius 3 is 2.14 bits per heavy atom. The fraction of sp³-hybridized carbons (Fsp3) is 0.647. The molecular weight excluding hydrogens is 280 g/mol. The van der Waals surface area contributed by atoms with Gasteiger partial charge in [-0.1, -0.05) is 0 Å². The van der Waals surface area contributed by atoms with Gasteiger partial charge in [0, 0.05) is 50.4 Å². The Kier molecular flexibility index (Phi) is 6.80. The van der Waals surface area contributed by atoms with Gasteiger partial charge in [-0.3, -0.25) is 9.78 Å². The van der Waals surface area contributed by atoms with E-state index in [0.29, 0.717) is 19.3 Å². The number of methoxy groups -OCH3 is 2. The van der Waals surface area contributed by atoms with Crippen LogP contribution >= 0.6 is 0 Å². The molecule has 5 heteroatoms. The molecule has 1 saturated carbocycles. The second kappa shape index (κ2) is 8.86. The van der Waals surface area contributed by atoms with E-state index in [4.69, 9.17) is 9.47 Å². The maximum Gasteiger partial charge on any atom is 0.251 e. The second-order valence-electron chi connectivity index (χ2n) is 5.78. The largest absolute Gasteiger partial charge is 0.385 e. The average molecular weight is 306 g/mol. The number of ether oxygens (including phenoxy) is 2. The van der Waals surface area contributed by atoms with E-state index in [1.54, 1.807) is 14.2 Å². The van der Waals surface area contributed by atoms with E-state index in [1.807, 2.05) is 12.1 Å². The fourth-order valence-corrected chi connectivity index (χ4v) is 2.33. The van der Waals surface area contributed by atoms with Gasteiger partial charge in [0.15, 0.2) is 0 Å². The van der Waals surface area contributed by atoms with Gasteiger partial charge in [0.25, 0.3) is 5.91 Å². The number of carbonyl (C=O) groups excluding carboxylic acids is 1. The lowest BCUT2D eigenvalue weighted by atomic mass is 10.1. The summed E-state index contributed by atoms with van der Waals surface area (Å²) in [5.74, 6) is 0.0193. The van der Waals surface area contributed by atoms with Gasteiger partial charge in [0.2, 0.25) is 0 Å². The molecule has 1 aromatic rings. The number of aryl methyl sites for hydroxylation is 2. The van der Waals surface area contributed by atoms with Crippen molar-refractivity contribution in [3.8, 4) is 0 Å². The summed E-state index contributed by atoms with van der Waals surface area (Å²) >= 11 is 0. The molecule has 0 atom stereocenters. The summed E-state index contributed by atoms with van der Waals surface area (Å²) in [6, 6.07) is 4.19. The first-order chi connectivity index (χ1) is 10.7. The van der Waals surface area contributed by atoms with Crippen LogP contribution in [0.4, 0.5) is 0 Å². The van der Waals surface area contributed by atoms with Gasteiger partial charge in [0.05, 0.1) is 0 Å². The topological polar surface area (TPSA) is 60.5 Å². The molecule has 0 radical (unpaired) electrons. The number of hydrogen-bond donors (Lipinski definition) is 1. The van der Waals surface area contributed by atoms with Crippen LogP contribution in [0.2, 0.25) is 0 Å². The number of nitrogens with one attached hydrogen (secondary N) is 1. The Balaban J connectivity index is 2.05. The lowest BCUT2D eigenvalue weighted by Gasteiger charge is -2.09. The van der Waals surface area contributed by atoms with Crippen LogP contribution in [0.15, 0.2) is 12.1 Å². The molecule has 1 amide bonds. The lowest BCUT2D eigenvalue weighted by molar-refractivity contribution is 0.0950. The third-order valence-corrected chi connectivity index (χ3v) is 3.67. The molecule has 1 heterocycles. The standard InChI is InChI=1S/C17H26N2O3/c1-21-9-3-5-15-11-13(17(20)19-14-7-8-14)12-16(18-15)6-4-10-22-2/h11-12,14H,3-10H2,1-2H3,(H,19,20). The number of amides is 1. The summed E-state index contributed by atoms with van der Waals surface area (Å²) in [5, 5.41) is 3.04. The molecule has 122 valence electrons. The van der Waals surface area contributed by atoms with Crippen molar-refractivity contribution in [2.75, 3.05) is 27.4 Å². The van der Waals surface area contributed by atoms with Crippen LogP contribution in [0.5, 0.6) is 0 Å². The predicted octanol–water partition coefficient (Wildman–Crippen LogP) is 2.13. The molecule has 1 aliphatic rings. The van der Waals surface area contributed by atoms with Gasteiger partial charge >= 0.3 is 0 Å². The van der Waals surface area contributed by atoms with E-state index in [2.05, 4.69) is 10.3 Å². The molecule has 1 aromatic heterocycles. The molecule has 0 aromatic carbocycles. The van der Waals surface area contributed by atoms with Crippen molar-refractivity contribution in [2.24, 2.45) is 0 Å². The summed E-state index contributed by atoms with van der Waals surface area (Å²) in [6.45, 7) is 1.42. The van der Waals surface area contributed by atoms with E-state index in [-0.39, 0.29) is 5.91 Å². The highest BCUT2D eigenvalue weighted by Gasteiger charge is 2.24. The van der Waals surface area contributed by atoms with Crippen molar-refractivity contribution in [1.82, 2.24) is 10.3 Å². The zero-order chi connectivity index (χ0) is 15.8. The van der Waals surface area contributed by atoms with Crippen molar-refractivity contribution < 1.29 is 14.3 Å². The minimum atomic E-state index is 0.0193. The summed E-state index contributed by atoms with van der Waals surface area (Å²) < 4.78 is 10.2. The molecule has 0 bridgehead atoms. The van der Waals surface area contributed by atoms with Crippen molar-refractivity contribution in [2.45, 2.75) is 44.6 Å². The van der Waals surface area contributed by atoms with E-state index < -0.39 is 0 Å². The van der Waals surface area contributed by atoms with Crippen LogP contribution in [0, 0.1) is 0 Å². The fourth-order valence-electron chi connectivity index (χ4n) is 2.33. The molecule has 5 nitrogen and oxygen atoms in total. The summed E-state index contributed by atoms with van der Waals surface area (Å²) in [6.07, 6.45) is 5.67. The molecule has 22 heavy (non-hydrogen) atoms. The van der Waals surface area contributed by atoms with Gasteiger partial charge in [-0.15, -0.1) is 0 Å². The van der Waals surface area contributed by atoms with Crippen molar-refractivity contribution in [3.63, 3.8) is 0 Å². The maximum absolute atomic E-state index is 12.3. The highest BCUT2D eigenvalue weighted by molar-refractivity contribution is 5.94. The first-order valence-corrected chi connectivity index (χ1v) is 8.01. The van der Waals surface area contributed by atoms with Crippen LogP contribution in [0.25, 0.3) is 0 Å². The van der Waals surface area contributed by atoms with E-state index in [9.17, 15) is 4.79 Å². The molecule has 1 fully saturated rings. The number of hydrogen-bond acceptors (Lipinski definition) is 4. The smallest absolute Gasteiger partial charge is 0.251 e. The summed E-state index contributed by atoms with van der Waals surface area (Å²) in [7, 11) is 3.40. The maximum atomic E-state index is 12.3. The molecule has 0 unspecified atom stereocenters. The lowest BCUT2D eigenvalue weighted by Crippen LogP contribution is -2.25. The molecule has 0 saturated heterocycles. The zero-order valence-electron chi connectivity index (χ0n) is 13.6. The molecular formula is C17H26N2O3. The zero-order valence-corrected chi connectivity index (χ0v) is 13.6. The van der Waals surface area contributed by atoms with Gasteiger partial charge in [-0.05, 0) is 50.7 Å². The van der Waals surface area contributed by atoms with Gasteiger partial charge in [0.1, 0.15) is 0 Å². The highest BCUT2D eigenvalue weighted by Crippen LogP contribution is 2.20. The Morgan fingerprint density at radius 1 is 1.14 bits per heavy atom. The molecule has 0 aliphatic heterocycles. The minimum Gasteiger partial charge on any atom is -0.385 e. The predicted molar refractivity (Wildman–Crippen MR) is 85.1 cm³/mol. The van der Waals surface area contributed by atoms with E-state index >= 15 is 0 Å². The van der Waals surface area contributed by atoms with Crippen LogP contribution < -0.4 is 5.32 Å². The third kappa shape index (κ3) is 5.73. The third-order valence-electron chi connectivity index (χ3n) is 3.67. The SMILES string of the molecule is COCCCc1cc(C(=O)NC2CC2)cc(CCCOC)n1. The monoisotopic (exact) mass is 306 g/mol. The molecule has 1 N–H and O–H groups in total. The van der Waals surface area contributed by atoms with Gasteiger partial charge < -0.3 is 14.8 Å². The minimum absolute atomic E-state index is 0.0193. The Hall–Kier alpha value is -1.46. The number of carbonyl (C=O) groups is 1. The van der Waals surface area contributed by atoms with Crippen molar-refractivity contribution >= 4 is 5.91 Å². The van der Waals surface area contributed by atoms with Crippen molar-refractivity contribution in [3.05, 3.63) is 29.1 Å². The summed E-state index contributed by atoms with van der Waals surface area (Å²) in [4.78, 5) is 16.9. The number of aromatic nitrogens is 1. The first-order valence-electron chi connectivity index (χ1n) is 8.01. The van der Waals surface area contributed by atoms with Gasteiger partial charge in [-0.2, -0.15) is 0 Å². The quantitative estimate of drug-likeness (QED) is 0.673. The van der Waals surface area contributed by atoms with Crippen LogP contribution in [-0.4, -0.2) is 44.4 Å². The number of rotatable bonds is 10. The first kappa shape index (κ1) is 16.9. The van der Waals surface area contributed by atoms with E-state index in [0.717, 1.165) is 55.5 Å². The average Bonchev–Trinajstić information content (AvgIpc) is 3.31. The Bertz CT molecular complexity index is 459. The molecule has 1 aliphatic carbocycles. The molecule has 2 rings (SSSR count). The van der Waals surface area contributed by atoms with Crippen LogP contribution in [0.3, 0.4) is 0 Å². The number of pyridine rings is 1. The second-order valence-corrected chi connectivity index (χ2v) is 5.78. The van der Waals surface area contributed by atoms with Crippen LogP contribution in [-0.2, 0) is 22.3 Å². The van der Waals surface area contributed by atoms with Crippen LogP contribution in [0.1, 0.15) is 47.4 Å². The number of nitrogens with zero attached hydrogens (tertiary/aromatic N) is 1. The Labute approximate surface area is 132 Å².